The Labute approximate surface area is 38.0 Å². The Morgan fingerprint density at radius 3 is 2.33 bits per heavy atom. The Hall–Kier alpha value is -0.0800. The summed E-state index contributed by atoms with van der Waals surface area (Å²) in [5.74, 6) is 0. The first-order valence-electron chi connectivity index (χ1n) is 2.13. The van der Waals surface area contributed by atoms with Crippen LogP contribution in [0.2, 0.25) is 0 Å². The second kappa shape index (κ2) is 3.12. The zero-order valence-corrected chi connectivity index (χ0v) is 3.98. The van der Waals surface area contributed by atoms with Crippen molar-refractivity contribution in [3.05, 3.63) is 0 Å². The van der Waals surface area contributed by atoms with Gasteiger partial charge in [0.25, 0.3) is 0 Å². The van der Waals surface area contributed by atoms with E-state index < -0.39 is 6.10 Å². The minimum Gasteiger partial charge on any atom is -0.330 e. The largest absolute Gasteiger partial charge is 0.330 e. The highest BCUT2D eigenvalue weighted by atomic mass is 16.3. The van der Waals surface area contributed by atoms with Crippen molar-refractivity contribution < 1.29 is 5.11 Å². The van der Waals surface area contributed by atoms with Gasteiger partial charge in [-0.1, -0.05) is 0 Å². The standard InChI is InChI=1S/C4H10NO/c1-4(6)2-3-5/h4H,2-3,5H2,1H3. The molecule has 2 nitrogen and oxygen atoms in total. The van der Waals surface area contributed by atoms with Crippen LogP contribution in [0.5, 0.6) is 0 Å². The highest BCUT2D eigenvalue weighted by Gasteiger charge is 1.90. The summed E-state index contributed by atoms with van der Waals surface area (Å²) in [6.07, 6.45) is 0.120. The SMILES string of the molecule is CC([O])CCN. The molecule has 1 unspecified atom stereocenters. The van der Waals surface area contributed by atoms with Crippen molar-refractivity contribution in [1.82, 2.24) is 0 Å². The lowest BCUT2D eigenvalue weighted by Crippen LogP contribution is -2.07. The van der Waals surface area contributed by atoms with Crippen molar-refractivity contribution in [1.29, 1.82) is 0 Å². The third-order valence-electron chi connectivity index (χ3n) is 0.573. The third-order valence-corrected chi connectivity index (χ3v) is 0.573. The van der Waals surface area contributed by atoms with E-state index in [9.17, 15) is 5.11 Å². The van der Waals surface area contributed by atoms with Crippen LogP contribution in [0.1, 0.15) is 13.3 Å². The van der Waals surface area contributed by atoms with Gasteiger partial charge < -0.3 is 5.73 Å². The second-order valence-corrected chi connectivity index (χ2v) is 1.39. The Morgan fingerprint density at radius 2 is 2.33 bits per heavy atom. The first kappa shape index (κ1) is 5.92. The molecular formula is C4H10NO. The molecule has 0 amide bonds. The van der Waals surface area contributed by atoms with Crippen LogP contribution in [0.15, 0.2) is 0 Å². The summed E-state index contributed by atoms with van der Waals surface area (Å²) in [6.45, 7) is 2.14. The summed E-state index contributed by atoms with van der Waals surface area (Å²) in [7, 11) is 0. The molecule has 0 saturated carbocycles. The smallest absolute Gasteiger partial charge is 0.0914 e. The van der Waals surface area contributed by atoms with E-state index in [1.807, 2.05) is 0 Å². The van der Waals surface area contributed by atoms with Crippen LogP contribution in [-0.4, -0.2) is 12.6 Å². The van der Waals surface area contributed by atoms with Crippen molar-refractivity contribution in [3.8, 4) is 0 Å². The lowest BCUT2D eigenvalue weighted by atomic mass is 10.3. The zero-order chi connectivity index (χ0) is 4.99. The minimum absolute atomic E-state index is 0.477. The molecule has 0 aliphatic carbocycles. The number of rotatable bonds is 2. The summed E-state index contributed by atoms with van der Waals surface area (Å²) in [5, 5.41) is 10.0. The lowest BCUT2D eigenvalue weighted by Gasteiger charge is -1.92. The van der Waals surface area contributed by atoms with E-state index in [0.29, 0.717) is 13.0 Å². The average Bonchev–Trinajstić information content (AvgIpc) is 1.35. The maximum absolute atomic E-state index is 10.0. The Balaban J connectivity index is 2.63. The summed E-state index contributed by atoms with van der Waals surface area (Å²) in [6, 6.07) is 0. The normalized spacial score (nSPS) is 14.5. The van der Waals surface area contributed by atoms with Crippen molar-refractivity contribution in [2.24, 2.45) is 5.73 Å². The topological polar surface area (TPSA) is 45.9 Å². The molecule has 0 rings (SSSR count). The number of hydrogen-bond donors (Lipinski definition) is 1. The molecule has 0 aromatic heterocycles. The predicted molar refractivity (Wildman–Crippen MR) is 23.8 cm³/mol. The molecule has 0 spiro atoms. The molecule has 0 aliphatic rings. The minimum atomic E-state index is -0.477. The molecule has 6 heavy (non-hydrogen) atoms. The number of nitrogens with two attached hydrogens (primary N) is 1. The Kier molecular flexibility index (Phi) is 3.08. The fraction of sp³-hybridized carbons (Fsp3) is 1.00. The van der Waals surface area contributed by atoms with E-state index >= 15 is 0 Å². The van der Waals surface area contributed by atoms with E-state index in [2.05, 4.69) is 0 Å². The van der Waals surface area contributed by atoms with Gasteiger partial charge in [-0.25, -0.2) is 5.11 Å². The van der Waals surface area contributed by atoms with Gasteiger partial charge in [0.05, 0.1) is 6.10 Å². The van der Waals surface area contributed by atoms with Crippen LogP contribution >= 0.6 is 0 Å². The van der Waals surface area contributed by atoms with Crippen LogP contribution in [0, 0.1) is 0 Å². The molecule has 0 bridgehead atoms. The molecule has 0 aliphatic heterocycles. The van der Waals surface area contributed by atoms with E-state index in [1.165, 1.54) is 0 Å². The molecule has 2 N–H and O–H groups in total. The van der Waals surface area contributed by atoms with Gasteiger partial charge >= 0.3 is 0 Å². The highest BCUT2D eigenvalue weighted by molar-refractivity contribution is 4.43. The predicted octanol–water partition coefficient (Wildman–Crippen LogP) is 0.154. The van der Waals surface area contributed by atoms with Crippen LogP contribution < -0.4 is 5.73 Å². The van der Waals surface area contributed by atoms with Gasteiger partial charge in [0.15, 0.2) is 0 Å². The van der Waals surface area contributed by atoms with Crippen LogP contribution in [0.4, 0.5) is 0 Å². The molecule has 0 fully saturated rings. The van der Waals surface area contributed by atoms with E-state index in [1.54, 1.807) is 6.92 Å². The van der Waals surface area contributed by atoms with Gasteiger partial charge in [0.1, 0.15) is 0 Å². The number of hydrogen-bond acceptors (Lipinski definition) is 1. The van der Waals surface area contributed by atoms with Crippen molar-refractivity contribution >= 4 is 0 Å². The van der Waals surface area contributed by atoms with Gasteiger partial charge in [0.2, 0.25) is 0 Å². The lowest BCUT2D eigenvalue weighted by molar-refractivity contribution is 0.0999. The van der Waals surface area contributed by atoms with Crippen LogP contribution in [-0.2, 0) is 5.11 Å². The van der Waals surface area contributed by atoms with Gasteiger partial charge in [-0.05, 0) is 19.9 Å². The Bertz CT molecular complexity index is 28.7. The molecule has 0 aromatic carbocycles. The fourth-order valence-corrected chi connectivity index (χ4v) is 0.235. The fourth-order valence-electron chi connectivity index (χ4n) is 0.235. The van der Waals surface area contributed by atoms with E-state index in [4.69, 9.17) is 5.73 Å². The van der Waals surface area contributed by atoms with Gasteiger partial charge in [-0.3, -0.25) is 0 Å². The van der Waals surface area contributed by atoms with Crippen LogP contribution in [0.25, 0.3) is 0 Å². The summed E-state index contributed by atoms with van der Waals surface area (Å²) < 4.78 is 0. The molecular weight excluding hydrogens is 78.0 g/mol. The summed E-state index contributed by atoms with van der Waals surface area (Å²) >= 11 is 0. The first-order chi connectivity index (χ1) is 2.77. The average molecular weight is 88.1 g/mol. The van der Waals surface area contributed by atoms with Gasteiger partial charge in [0, 0.05) is 0 Å². The Morgan fingerprint density at radius 1 is 1.83 bits per heavy atom. The molecule has 1 atom stereocenters. The maximum atomic E-state index is 10.0. The van der Waals surface area contributed by atoms with Crippen LogP contribution in [0.3, 0.4) is 0 Å². The molecule has 0 aromatic rings. The zero-order valence-electron chi connectivity index (χ0n) is 3.98. The van der Waals surface area contributed by atoms with Gasteiger partial charge in [-0.15, -0.1) is 0 Å². The van der Waals surface area contributed by atoms with Crippen molar-refractivity contribution in [2.75, 3.05) is 6.54 Å². The summed E-state index contributed by atoms with van der Waals surface area (Å²) in [4.78, 5) is 0. The second-order valence-electron chi connectivity index (χ2n) is 1.39. The molecule has 0 heterocycles. The van der Waals surface area contributed by atoms with Crippen molar-refractivity contribution in [3.63, 3.8) is 0 Å². The van der Waals surface area contributed by atoms with Crippen molar-refractivity contribution in [2.45, 2.75) is 19.4 Å². The molecule has 0 saturated heterocycles. The maximum Gasteiger partial charge on any atom is 0.0914 e. The van der Waals surface area contributed by atoms with Gasteiger partial charge in [-0.2, -0.15) is 0 Å². The molecule has 37 valence electrons. The third kappa shape index (κ3) is 3.92. The molecule has 2 heteroatoms. The highest BCUT2D eigenvalue weighted by Crippen LogP contribution is 1.83. The first-order valence-corrected chi connectivity index (χ1v) is 2.13. The monoisotopic (exact) mass is 88.1 g/mol. The van der Waals surface area contributed by atoms with E-state index in [0.717, 1.165) is 0 Å². The molecule has 1 radical (unpaired) electrons. The quantitative estimate of drug-likeness (QED) is 0.513. The van der Waals surface area contributed by atoms with E-state index in [-0.39, 0.29) is 0 Å². The summed E-state index contributed by atoms with van der Waals surface area (Å²) in [5.41, 5.74) is 5.03.